The molecule has 5 rings (SSSR count). The lowest BCUT2D eigenvalue weighted by atomic mass is 10.2. The first kappa shape index (κ1) is 32.3. The van der Waals surface area contributed by atoms with E-state index in [9.17, 15) is 9.59 Å². The molecule has 0 fully saturated rings. The summed E-state index contributed by atoms with van der Waals surface area (Å²) in [7, 11) is 0. The monoisotopic (exact) mass is 828 g/mol. The molecule has 2 heterocycles. The molecule has 0 radical (unpaired) electrons. The number of hydrogen-bond acceptors (Lipinski definition) is 6. The smallest absolute Gasteiger partial charge is 0.307 e. The second-order valence-electron chi connectivity index (χ2n) is 10.2. The molecule has 0 aliphatic carbocycles. The van der Waals surface area contributed by atoms with Crippen LogP contribution in [0, 0.1) is 27.9 Å². The minimum Gasteiger partial charge on any atom is -0.486 e. The average molecular weight is 828 g/mol. The van der Waals surface area contributed by atoms with Crippen LogP contribution in [0.15, 0.2) is 94.4 Å². The summed E-state index contributed by atoms with van der Waals surface area (Å²) in [5.74, 6) is 1.19. The molecule has 2 amide bonds. The van der Waals surface area contributed by atoms with Gasteiger partial charge in [-0.15, -0.1) is 0 Å². The van der Waals surface area contributed by atoms with Crippen LogP contribution in [-0.2, 0) is 11.4 Å². The van der Waals surface area contributed by atoms with Gasteiger partial charge < -0.3 is 23.8 Å². The molecule has 230 valence electrons. The Morgan fingerprint density at radius 3 is 2.20 bits per heavy atom. The summed E-state index contributed by atoms with van der Waals surface area (Å²) < 4.78 is 21.1. The molecule has 0 saturated heterocycles. The quantitative estimate of drug-likeness (QED) is 0.0813. The highest BCUT2D eigenvalue weighted by atomic mass is 127. The molecular weight excluding hydrogens is 798 g/mol. The van der Waals surface area contributed by atoms with E-state index >= 15 is 0 Å². The minimum atomic E-state index is -0.483. The molecule has 9 nitrogen and oxygen atoms in total. The van der Waals surface area contributed by atoms with Gasteiger partial charge >= 0.3 is 5.91 Å². The summed E-state index contributed by atoms with van der Waals surface area (Å²) in [6, 6.07) is 26.5. The molecule has 45 heavy (non-hydrogen) atoms. The van der Waals surface area contributed by atoms with Crippen LogP contribution in [0.5, 0.6) is 11.5 Å². The number of hydrazone groups is 1. The molecule has 0 aliphatic rings. The number of nitrogens with zero attached hydrogens (tertiary/aromatic N) is 2. The lowest BCUT2D eigenvalue weighted by Crippen LogP contribution is -2.20. The Balaban J connectivity index is 1.10. The molecule has 11 heteroatoms. The van der Waals surface area contributed by atoms with Crippen LogP contribution in [-0.4, -0.2) is 29.2 Å². The molecular formula is C34H30I2N4O5. The van der Waals surface area contributed by atoms with Gasteiger partial charge in [0.2, 0.25) is 0 Å². The first-order valence-electron chi connectivity index (χ1n) is 13.9. The number of hydrogen-bond donors (Lipinski definition) is 2. The summed E-state index contributed by atoms with van der Waals surface area (Å²) in [6.45, 7) is 6.18. The van der Waals surface area contributed by atoms with Gasteiger partial charge in [-0.3, -0.25) is 9.59 Å². The van der Waals surface area contributed by atoms with Crippen molar-refractivity contribution in [1.82, 2.24) is 9.99 Å². The number of carbonyl (C=O) groups is 2. The van der Waals surface area contributed by atoms with E-state index < -0.39 is 5.91 Å². The van der Waals surface area contributed by atoms with E-state index in [2.05, 4.69) is 91.6 Å². The first-order valence-corrected chi connectivity index (χ1v) is 16.1. The van der Waals surface area contributed by atoms with Crippen molar-refractivity contribution in [1.29, 1.82) is 0 Å². The summed E-state index contributed by atoms with van der Waals surface area (Å²) >= 11 is 4.29. The molecule has 0 saturated carbocycles. The van der Waals surface area contributed by atoms with Crippen molar-refractivity contribution in [3.63, 3.8) is 0 Å². The third-order valence-electron chi connectivity index (χ3n) is 6.72. The van der Waals surface area contributed by atoms with Crippen LogP contribution < -0.4 is 20.2 Å². The number of amides is 2. The van der Waals surface area contributed by atoms with Gasteiger partial charge in [0.15, 0.2) is 12.4 Å². The Kier molecular flexibility index (Phi) is 10.6. The van der Waals surface area contributed by atoms with Crippen molar-refractivity contribution >= 4 is 68.9 Å². The first-order chi connectivity index (χ1) is 21.7. The minimum absolute atomic E-state index is 0.122. The predicted octanol–water partition coefficient (Wildman–Crippen LogP) is 7.57. The lowest BCUT2D eigenvalue weighted by molar-refractivity contribution is -0.118. The average Bonchev–Trinajstić information content (AvgIpc) is 3.63. The highest BCUT2D eigenvalue weighted by Crippen LogP contribution is 2.29. The Bertz CT molecular complexity index is 1800. The third kappa shape index (κ3) is 8.54. The van der Waals surface area contributed by atoms with Crippen LogP contribution in [0.1, 0.15) is 38.8 Å². The lowest BCUT2D eigenvalue weighted by Gasteiger charge is -2.11. The fourth-order valence-corrected chi connectivity index (χ4v) is 6.61. The summed E-state index contributed by atoms with van der Waals surface area (Å²) in [4.78, 5) is 24.9. The number of carbonyl (C=O) groups excluding carboxylic acids is 2. The molecule has 5 aromatic rings. The van der Waals surface area contributed by atoms with Crippen LogP contribution in [0.4, 0.5) is 5.69 Å². The highest BCUT2D eigenvalue weighted by Gasteiger charge is 2.13. The number of anilines is 1. The third-order valence-corrected chi connectivity index (χ3v) is 8.32. The van der Waals surface area contributed by atoms with Crippen molar-refractivity contribution in [2.45, 2.75) is 27.4 Å². The largest absolute Gasteiger partial charge is 0.486 e. The zero-order chi connectivity index (χ0) is 31.9. The Morgan fingerprint density at radius 1 is 0.867 bits per heavy atom. The van der Waals surface area contributed by atoms with Crippen LogP contribution >= 0.6 is 45.2 Å². The summed E-state index contributed by atoms with van der Waals surface area (Å²) in [6.07, 6.45) is 1.53. The molecule has 2 N–H and O–H groups in total. The van der Waals surface area contributed by atoms with E-state index in [1.54, 1.807) is 12.1 Å². The van der Waals surface area contributed by atoms with Crippen molar-refractivity contribution in [2.24, 2.45) is 5.10 Å². The highest BCUT2D eigenvalue weighted by molar-refractivity contribution is 14.1. The number of halogens is 2. The van der Waals surface area contributed by atoms with Crippen molar-refractivity contribution in [3.05, 3.63) is 126 Å². The number of furan rings is 1. The van der Waals surface area contributed by atoms with Crippen LogP contribution in [0.2, 0.25) is 0 Å². The maximum atomic E-state index is 12.6. The second kappa shape index (κ2) is 14.8. The van der Waals surface area contributed by atoms with Gasteiger partial charge in [0.05, 0.1) is 13.4 Å². The second-order valence-corrected chi connectivity index (χ2v) is 12.5. The molecule has 0 unspecified atom stereocenters. The van der Waals surface area contributed by atoms with E-state index in [0.29, 0.717) is 22.9 Å². The number of aromatic nitrogens is 1. The van der Waals surface area contributed by atoms with Gasteiger partial charge in [-0.25, -0.2) is 5.43 Å². The Labute approximate surface area is 288 Å². The maximum absolute atomic E-state index is 12.6. The number of ether oxygens (including phenoxy) is 2. The molecule has 0 bridgehead atoms. The number of benzene rings is 3. The molecule has 0 spiro atoms. The normalized spacial score (nSPS) is 11.0. The fraction of sp³-hybridized carbons (Fsp3) is 0.147. The molecule has 3 aromatic carbocycles. The maximum Gasteiger partial charge on any atom is 0.307 e. The van der Waals surface area contributed by atoms with E-state index in [1.807, 2.05) is 67.6 Å². The molecule has 2 aromatic heterocycles. The zero-order valence-corrected chi connectivity index (χ0v) is 29.1. The molecule has 0 atom stereocenters. The van der Waals surface area contributed by atoms with Gasteiger partial charge in [0, 0.05) is 22.8 Å². The number of nitrogens with one attached hydrogen (secondary N) is 2. The van der Waals surface area contributed by atoms with E-state index in [-0.39, 0.29) is 24.9 Å². The van der Waals surface area contributed by atoms with Crippen molar-refractivity contribution < 1.29 is 23.5 Å². The van der Waals surface area contributed by atoms with Gasteiger partial charge in [-0.05, 0) is 144 Å². The zero-order valence-electron chi connectivity index (χ0n) is 24.8. The summed E-state index contributed by atoms with van der Waals surface area (Å²) in [5, 5.41) is 6.89. The van der Waals surface area contributed by atoms with E-state index in [1.165, 1.54) is 6.21 Å². The summed E-state index contributed by atoms with van der Waals surface area (Å²) in [5.41, 5.74) is 8.46. The van der Waals surface area contributed by atoms with Gasteiger partial charge in [0.25, 0.3) is 5.91 Å². The number of aryl methyl sites for hydroxylation is 3. The van der Waals surface area contributed by atoms with Crippen LogP contribution in [0.3, 0.4) is 0 Å². The number of rotatable bonds is 11. The van der Waals surface area contributed by atoms with Crippen LogP contribution in [0.25, 0.3) is 5.69 Å². The van der Waals surface area contributed by atoms with E-state index in [4.69, 9.17) is 13.9 Å². The van der Waals surface area contributed by atoms with E-state index in [0.717, 1.165) is 35.3 Å². The predicted molar refractivity (Wildman–Crippen MR) is 191 cm³/mol. The standard InChI is InChI=1S/C34H30I2N4O5/c1-21-4-8-25(9-5-21)38-32(41)20-44-33-29(35)16-24(17-30(33)36)18-37-39-34(42)31-15-14-28(45-31)19-43-27-12-10-26(11-13-27)40-22(2)6-7-23(40)3/h4-18H,19-20H2,1-3H3,(H,38,41)(H,39,42)/b37-18+. The Morgan fingerprint density at radius 2 is 1.53 bits per heavy atom. The fourth-order valence-electron chi connectivity index (χ4n) is 4.48. The SMILES string of the molecule is Cc1ccc(NC(=O)COc2c(I)cc(/C=N/NC(=O)c3ccc(COc4ccc(-n5c(C)ccc5C)cc4)o3)cc2I)cc1. The molecule has 0 aliphatic heterocycles. The Hall–Kier alpha value is -4.11. The van der Waals surface area contributed by atoms with Gasteiger partial charge in [0.1, 0.15) is 23.9 Å². The van der Waals surface area contributed by atoms with Gasteiger partial charge in [-0.2, -0.15) is 5.10 Å². The van der Waals surface area contributed by atoms with Crippen molar-refractivity contribution in [2.75, 3.05) is 11.9 Å². The van der Waals surface area contributed by atoms with Crippen molar-refractivity contribution in [3.8, 4) is 17.2 Å². The van der Waals surface area contributed by atoms with Gasteiger partial charge in [-0.1, -0.05) is 17.7 Å². The topological polar surface area (TPSA) is 107 Å².